The summed E-state index contributed by atoms with van der Waals surface area (Å²) < 4.78 is 5.27. The summed E-state index contributed by atoms with van der Waals surface area (Å²) in [6.45, 7) is 8.67. The average Bonchev–Trinajstić information content (AvgIpc) is 2.39. The fourth-order valence-corrected chi connectivity index (χ4v) is 1.91. The van der Waals surface area contributed by atoms with Crippen molar-refractivity contribution in [2.75, 3.05) is 6.61 Å². The van der Waals surface area contributed by atoms with Gasteiger partial charge in [-0.15, -0.1) is 6.58 Å². The van der Waals surface area contributed by atoms with E-state index < -0.39 is 0 Å². The topological polar surface area (TPSA) is 26.3 Å². The molecule has 1 aromatic rings. The zero-order chi connectivity index (χ0) is 14.1. The van der Waals surface area contributed by atoms with Gasteiger partial charge in [0, 0.05) is 0 Å². The number of hydrogen-bond acceptors (Lipinski definition) is 2. The van der Waals surface area contributed by atoms with E-state index in [1.165, 1.54) is 12.0 Å². The molecule has 0 fully saturated rings. The molecule has 0 spiro atoms. The SMILES string of the molecule is C=C(C)CCC[C@@H](C)CCOC(=O)c1ccccc1. The van der Waals surface area contributed by atoms with Crippen molar-refractivity contribution < 1.29 is 9.53 Å². The molecular formula is C17H24O2. The highest BCUT2D eigenvalue weighted by Gasteiger charge is 2.07. The maximum atomic E-state index is 11.7. The second-order valence-electron chi connectivity index (χ2n) is 5.25. The Labute approximate surface area is 116 Å². The van der Waals surface area contributed by atoms with E-state index in [2.05, 4.69) is 20.4 Å². The zero-order valence-electron chi connectivity index (χ0n) is 12.0. The molecule has 1 rings (SSSR count). The van der Waals surface area contributed by atoms with Crippen LogP contribution < -0.4 is 0 Å². The number of carbonyl (C=O) groups excluding carboxylic acids is 1. The van der Waals surface area contributed by atoms with E-state index in [9.17, 15) is 4.79 Å². The van der Waals surface area contributed by atoms with Gasteiger partial charge in [-0.05, 0) is 44.2 Å². The van der Waals surface area contributed by atoms with Gasteiger partial charge in [0.1, 0.15) is 0 Å². The van der Waals surface area contributed by atoms with Crippen LogP contribution >= 0.6 is 0 Å². The molecule has 0 N–H and O–H groups in total. The van der Waals surface area contributed by atoms with Crippen molar-refractivity contribution in [1.82, 2.24) is 0 Å². The molecular weight excluding hydrogens is 236 g/mol. The lowest BCUT2D eigenvalue weighted by Crippen LogP contribution is -2.09. The molecule has 0 aromatic heterocycles. The van der Waals surface area contributed by atoms with Crippen molar-refractivity contribution in [3.63, 3.8) is 0 Å². The van der Waals surface area contributed by atoms with Crippen LogP contribution in [-0.4, -0.2) is 12.6 Å². The highest BCUT2D eigenvalue weighted by molar-refractivity contribution is 5.89. The fourth-order valence-electron chi connectivity index (χ4n) is 1.91. The third-order valence-electron chi connectivity index (χ3n) is 3.15. The van der Waals surface area contributed by atoms with Crippen LogP contribution in [0.25, 0.3) is 0 Å². The normalized spacial score (nSPS) is 11.9. The quantitative estimate of drug-likeness (QED) is 0.503. The van der Waals surface area contributed by atoms with Crippen LogP contribution in [0, 0.1) is 5.92 Å². The number of hydrogen-bond donors (Lipinski definition) is 0. The van der Waals surface area contributed by atoms with Crippen LogP contribution in [-0.2, 0) is 4.74 Å². The van der Waals surface area contributed by atoms with Gasteiger partial charge in [-0.25, -0.2) is 4.79 Å². The first-order valence-electron chi connectivity index (χ1n) is 6.96. The molecule has 2 heteroatoms. The highest BCUT2D eigenvalue weighted by Crippen LogP contribution is 2.14. The number of benzene rings is 1. The van der Waals surface area contributed by atoms with Crippen LogP contribution in [0.4, 0.5) is 0 Å². The van der Waals surface area contributed by atoms with E-state index in [-0.39, 0.29) is 5.97 Å². The summed E-state index contributed by atoms with van der Waals surface area (Å²) in [6, 6.07) is 9.13. The Balaban J connectivity index is 2.16. The minimum Gasteiger partial charge on any atom is -0.462 e. The summed E-state index contributed by atoms with van der Waals surface area (Å²) in [5, 5.41) is 0. The third kappa shape index (κ3) is 6.80. The lowest BCUT2D eigenvalue weighted by Gasteiger charge is -2.11. The Morgan fingerprint density at radius 3 is 2.58 bits per heavy atom. The van der Waals surface area contributed by atoms with Crippen molar-refractivity contribution in [2.45, 2.75) is 39.5 Å². The Morgan fingerprint density at radius 2 is 1.95 bits per heavy atom. The maximum Gasteiger partial charge on any atom is 0.338 e. The summed E-state index contributed by atoms with van der Waals surface area (Å²) in [5.74, 6) is 0.359. The monoisotopic (exact) mass is 260 g/mol. The predicted octanol–water partition coefficient (Wildman–Crippen LogP) is 4.62. The molecule has 104 valence electrons. The van der Waals surface area contributed by atoms with Gasteiger partial charge >= 0.3 is 5.97 Å². The number of rotatable bonds is 8. The molecule has 0 aliphatic carbocycles. The van der Waals surface area contributed by atoms with Crippen LogP contribution in [0.1, 0.15) is 49.9 Å². The van der Waals surface area contributed by atoms with E-state index >= 15 is 0 Å². The van der Waals surface area contributed by atoms with Gasteiger partial charge in [-0.1, -0.05) is 37.1 Å². The molecule has 1 aromatic carbocycles. The van der Waals surface area contributed by atoms with Crippen molar-refractivity contribution in [1.29, 1.82) is 0 Å². The molecule has 0 unspecified atom stereocenters. The summed E-state index contributed by atoms with van der Waals surface area (Å²) >= 11 is 0. The predicted molar refractivity (Wildman–Crippen MR) is 79.2 cm³/mol. The average molecular weight is 260 g/mol. The van der Waals surface area contributed by atoms with Crippen molar-refractivity contribution in [2.24, 2.45) is 5.92 Å². The maximum absolute atomic E-state index is 11.7. The Morgan fingerprint density at radius 1 is 1.26 bits per heavy atom. The Kier molecular flexibility index (Phi) is 6.94. The minimum atomic E-state index is -0.227. The van der Waals surface area contributed by atoms with Crippen LogP contribution in [0.5, 0.6) is 0 Å². The van der Waals surface area contributed by atoms with Gasteiger partial charge < -0.3 is 4.74 Å². The third-order valence-corrected chi connectivity index (χ3v) is 3.15. The van der Waals surface area contributed by atoms with Crippen molar-refractivity contribution in [3.05, 3.63) is 48.0 Å². The molecule has 19 heavy (non-hydrogen) atoms. The first-order valence-corrected chi connectivity index (χ1v) is 6.96. The van der Waals surface area contributed by atoms with E-state index in [0.717, 1.165) is 19.3 Å². The van der Waals surface area contributed by atoms with E-state index in [1.54, 1.807) is 12.1 Å². The van der Waals surface area contributed by atoms with E-state index in [4.69, 9.17) is 4.74 Å². The van der Waals surface area contributed by atoms with Crippen molar-refractivity contribution >= 4 is 5.97 Å². The van der Waals surface area contributed by atoms with Crippen LogP contribution in [0.15, 0.2) is 42.5 Å². The van der Waals surface area contributed by atoms with Gasteiger partial charge in [0.25, 0.3) is 0 Å². The van der Waals surface area contributed by atoms with E-state index in [0.29, 0.717) is 18.1 Å². The lowest BCUT2D eigenvalue weighted by atomic mass is 9.99. The van der Waals surface area contributed by atoms with Crippen LogP contribution in [0.2, 0.25) is 0 Å². The van der Waals surface area contributed by atoms with E-state index in [1.807, 2.05) is 18.2 Å². The minimum absolute atomic E-state index is 0.227. The molecule has 2 nitrogen and oxygen atoms in total. The second kappa shape index (κ2) is 8.52. The lowest BCUT2D eigenvalue weighted by molar-refractivity contribution is 0.0484. The fraction of sp³-hybridized carbons (Fsp3) is 0.471. The molecule has 0 saturated carbocycles. The van der Waals surface area contributed by atoms with Crippen LogP contribution in [0.3, 0.4) is 0 Å². The number of carbonyl (C=O) groups is 1. The molecule has 1 atom stereocenters. The standard InChI is InChI=1S/C17H24O2/c1-14(2)8-7-9-15(3)12-13-19-17(18)16-10-5-4-6-11-16/h4-6,10-11,15H,1,7-9,12-13H2,2-3H3/t15-/m1/s1. The molecule has 0 amide bonds. The Bertz CT molecular complexity index is 395. The number of ether oxygens (including phenoxy) is 1. The number of allylic oxidation sites excluding steroid dienone is 1. The molecule has 0 bridgehead atoms. The first-order chi connectivity index (χ1) is 9.09. The highest BCUT2D eigenvalue weighted by atomic mass is 16.5. The summed E-state index contributed by atoms with van der Waals surface area (Å²) in [5.41, 5.74) is 1.86. The van der Waals surface area contributed by atoms with Gasteiger partial charge in [0.15, 0.2) is 0 Å². The molecule has 0 aliphatic heterocycles. The Hall–Kier alpha value is -1.57. The van der Waals surface area contributed by atoms with Gasteiger partial charge in [-0.2, -0.15) is 0 Å². The second-order valence-corrected chi connectivity index (χ2v) is 5.25. The van der Waals surface area contributed by atoms with Gasteiger partial charge in [0.05, 0.1) is 12.2 Å². The molecule has 0 radical (unpaired) electrons. The zero-order valence-corrected chi connectivity index (χ0v) is 12.0. The summed E-state index contributed by atoms with van der Waals surface area (Å²) in [6.07, 6.45) is 4.35. The summed E-state index contributed by atoms with van der Waals surface area (Å²) in [7, 11) is 0. The van der Waals surface area contributed by atoms with Gasteiger partial charge in [0.2, 0.25) is 0 Å². The molecule has 0 heterocycles. The van der Waals surface area contributed by atoms with Crippen molar-refractivity contribution in [3.8, 4) is 0 Å². The largest absolute Gasteiger partial charge is 0.462 e. The molecule has 0 saturated heterocycles. The first kappa shape index (κ1) is 15.5. The smallest absolute Gasteiger partial charge is 0.338 e. The molecule has 0 aliphatic rings. The summed E-state index contributed by atoms with van der Waals surface area (Å²) in [4.78, 5) is 11.7. The number of esters is 1. The van der Waals surface area contributed by atoms with Gasteiger partial charge in [-0.3, -0.25) is 0 Å².